The lowest BCUT2D eigenvalue weighted by Gasteiger charge is -2.40. The van der Waals surface area contributed by atoms with Crippen LogP contribution in [0.5, 0.6) is 0 Å². The Morgan fingerprint density at radius 1 is 0.338 bits per heavy atom. The first kappa shape index (κ1) is 38.8. The molecule has 314 valence electrons. The van der Waals surface area contributed by atoms with Gasteiger partial charge in [0.25, 0.3) is 23.3 Å². The van der Waals surface area contributed by atoms with E-state index >= 15 is 0 Å². The molecule has 8 aromatic carbocycles. The fourth-order valence-corrected chi connectivity index (χ4v) is 10.8. The molecule has 0 radical (unpaired) electrons. The summed E-state index contributed by atoms with van der Waals surface area (Å²) in [5, 5.41) is 13.6. The normalized spacial score (nSPS) is 15.2. The maximum Gasteiger partial charge on any atom is 0.404 e. The molecule has 0 amide bonds. The van der Waals surface area contributed by atoms with Gasteiger partial charge >= 0.3 is 5.91 Å². The van der Waals surface area contributed by atoms with Gasteiger partial charge < -0.3 is 0 Å². The Labute approximate surface area is 376 Å². The number of hydrogen-bond acceptors (Lipinski definition) is 4. The fourth-order valence-electron chi connectivity index (χ4n) is 10.8. The Balaban J connectivity index is 0.000000530. The van der Waals surface area contributed by atoms with Crippen LogP contribution in [-0.2, 0) is 5.91 Å². The van der Waals surface area contributed by atoms with E-state index in [1.807, 2.05) is 55.4 Å². The minimum Gasteiger partial charge on any atom is -0.192 e. The molecule has 8 nitrogen and oxygen atoms in total. The van der Waals surface area contributed by atoms with Gasteiger partial charge in [-0.15, -0.1) is 9.15 Å². The van der Waals surface area contributed by atoms with Gasteiger partial charge in [0, 0.05) is 21.5 Å². The van der Waals surface area contributed by atoms with Gasteiger partial charge in [-0.05, 0) is 91.6 Å². The van der Waals surface area contributed by atoms with Crippen LogP contribution in [0.3, 0.4) is 0 Å². The summed E-state index contributed by atoms with van der Waals surface area (Å²) in [6.45, 7) is 16.0. The molecule has 8 heterocycles. The van der Waals surface area contributed by atoms with Crippen molar-refractivity contribution in [2.45, 2.75) is 61.3 Å². The van der Waals surface area contributed by atoms with Crippen LogP contribution >= 0.6 is 0 Å². The first-order valence-corrected chi connectivity index (χ1v) is 23.4. The van der Waals surface area contributed by atoms with Crippen LogP contribution in [0.1, 0.15) is 77.6 Å². The first-order chi connectivity index (χ1) is 32.2. The number of nitrogens with zero attached hydrogens (tertiary/aromatic N) is 8. The van der Waals surface area contributed by atoms with Crippen molar-refractivity contribution in [1.29, 1.82) is 0 Å². The van der Waals surface area contributed by atoms with Crippen LogP contribution < -0.4 is 11.0 Å². The average molecular weight is 845 g/mol. The zero-order valence-electron chi connectivity index (χ0n) is 37.9. The minimum absolute atomic E-state index is 0.879. The van der Waals surface area contributed by atoms with Crippen molar-refractivity contribution in [2.24, 2.45) is 20.0 Å². The van der Waals surface area contributed by atoms with Crippen LogP contribution in [0, 0.1) is 0 Å². The largest absolute Gasteiger partial charge is 0.404 e. The summed E-state index contributed by atoms with van der Waals surface area (Å²) in [5.41, 5.74) is 6.04. The monoisotopic (exact) mass is 844 g/mol. The molecule has 6 aliphatic rings. The number of hydrogen-bond donors (Lipinski definition) is 0. The van der Waals surface area contributed by atoms with Crippen LogP contribution in [0.2, 0.25) is 0 Å². The summed E-state index contributed by atoms with van der Waals surface area (Å²) in [6, 6.07) is 52.9. The van der Waals surface area contributed by atoms with Crippen molar-refractivity contribution in [3.05, 3.63) is 179 Å². The van der Waals surface area contributed by atoms with Crippen molar-refractivity contribution in [1.82, 2.24) is 9.13 Å². The molecule has 0 fully saturated rings. The van der Waals surface area contributed by atoms with E-state index in [0.717, 1.165) is 89.8 Å². The third-order valence-electron chi connectivity index (χ3n) is 13.2. The highest BCUT2D eigenvalue weighted by atomic mass is 15.7. The lowest BCUT2D eigenvalue weighted by Crippen LogP contribution is -2.71. The number of aromatic nitrogens is 2. The third kappa shape index (κ3) is 4.65. The van der Waals surface area contributed by atoms with Crippen molar-refractivity contribution in [3.8, 4) is 0 Å². The molecule has 0 N–H and O–H groups in total. The SMILES string of the molecule is CC.CC.CC.CC.c1ccc2cc3c(cc2c1)C1=Nc2c4cc5ccccc5cc4c4n2C25n6c(c7cc8ccccc8cc7c6=NC6=[N+]2C(=N4)c2cc4ccccc4cc26)=NC3=[N+]15. The maximum absolute atomic E-state index is 5.72. The van der Waals surface area contributed by atoms with E-state index in [1.54, 1.807) is 0 Å². The topological polar surface area (TPSA) is 65.3 Å². The maximum atomic E-state index is 5.72. The number of fused-ring (bicyclic) bond motifs is 16. The van der Waals surface area contributed by atoms with Crippen LogP contribution in [0.4, 0.5) is 11.6 Å². The average Bonchev–Trinajstić information content (AvgIpc) is 4.07. The number of benzene rings is 8. The fraction of sp³-hybridized carbons (Fsp3) is 0.158. The summed E-state index contributed by atoms with van der Waals surface area (Å²) < 4.78 is 9.59. The van der Waals surface area contributed by atoms with Crippen LogP contribution in [0.25, 0.3) is 64.6 Å². The van der Waals surface area contributed by atoms with Gasteiger partial charge in [-0.2, -0.15) is 9.13 Å². The summed E-state index contributed by atoms with van der Waals surface area (Å²) >= 11 is 0. The van der Waals surface area contributed by atoms with E-state index in [-0.39, 0.29) is 0 Å². The van der Waals surface area contributed by atoms with Gasteiger partial charge in [-0.25, -0.2) is 0 Å². The van der Waals surface area contributed by atoms with Gasteiger partial charge in [-0.1, -0.05) is 172 Å². The standard InChI is InChI=1S/C49H24N8.4C2H6/c1-2-10-26-18-34-33(17-25(26)9-1)41-50-43-35-19-27-11-3-4-12-28(27)20-36(35)45-52-47-39-23-31-15-7-8-16-32(31)24-40(39)48-53-46-38-22-30-14-6-5-13-29(30)21-37(38)44-51-42(34)54(41)49(55(43)45,56(44)46)57(47)48;4*1-2/h1-24H;4*1-2H3/q+2;;;;. The van der Waals surface area contributed by atoms with Gasteiger partial charge in [0.2, 0.25) is 22.6 Å². The molecular formula is C57H48N8+2. The summed E-state index contributed by atoms with van der Waals surface area (Å²) in [4.78, 5) is 22.9. The van der Waals surface area contributed by atoms with E-state index in [0.29, 0.717) is 0 Å². The highest BCUT2D eigenvalue weighted by Crippen LogP contribution is 2.53. The molecule has 1 spiro atoms. The molecule has 0 saturated heterocycles. The minimum atomic E-state index is -1.06. The molecule has 0 saturated carbocycles. The van der Waals surface area contributed by atoms with E-state index in [9.17, 15) is 0 Å². The smallest absolute Gasteiger partial charge is 0.192 e. The molecule has 0 aliphatic carbocycles. The third-order valence-corrected chi connectivity index (χ3v) is 13.2. The zero-order valence-corrected chi connectivity index (χ0v) is 37.9. The van der Waals surface area contributed by atoms with Crippen LogP contribution in [-0.4, -0.2) is 41.6 Å². The molecular weight excluding hydrogens is 797 g/mol. The Bertz CT molecular complexity index is 3790. The predicted molar refractivity (Wildman–Crippen MR) is 269 cm³/mol. The molecule has 10 aromatic rings. The quantitative estimate of drug-likeness (QED) is 0.137. The lowest BCUT2D eigenvalue weighted by molar-refractivity contribution is -0.790. The number of amidine groups is 4. The molecule has 0 unspecified atom stereocenters. The second kappa shape index (κ2) is 14.1. The molecule has 0 atom stereocenters. The molecule has 2 aromatic heterocycles. The second-order valence-corrected chi connectivity index (χ2v) is 16.0. The van der Waals surface area contributed by atoms with E-state index in [1.165, 1.54) is 43.1 Å². The lowest BCUT2D eigenvalue weighted by atomic mass is 10.0. The van der Waals surface area contributed by atoms with Gasteiger partial charge in [0.15, 0.2) is 0 Å². The van der Waals surface area contributed by atoms with E-state index in [4.69, 9.17) is 20.0 Å². The highest BCUT2D eigenvalue weighted by Gasteiger charge is 2.69. The Hall–Kier alpha value is -7.84. The van der Waals surface area contributed by atoms with Crippen molar-refractivity contribution >= 4 is 99.6 Å². The van der Waals surface area contributed by atoms with E-state index < -0.39 is 5.91 Å². The van der Waals surface area contributed by atoms with Gasteiger partial charge in [0.05, 0.1) is 22.3 Å². The molecule has 0 bridgehead atoms. The summed E-state index contributed by atoms with van der Waals surface area (Å²) in [7, 11) is 0. The second-order valence-electron chi connectivity index (χ2n) is 16.0. The summed E-state index contributed by atoms with van der Waals surface area (Å²) in [5.74, 6) is 4.21. The highest BCUT2D eigenvalue weighted by molar-refractivity contribution is 6.23. The van der Waals surface area contributed by atoms with Crippen molar-refractivity contribution in [2.75, 3.05) is 0 Å². The molecule has 8 heteroatoms. The number of aliphatic imine (C=N–C) groups is 2. The molecule has 16 rings (SSSR count). The Kier molecular flexibility index (Phi) is 8.41. The van der Waals surface area contributed by atoms with E-state index in [2.05, 4.69) is 164 Å². The Morgan fingerprint density at radius 2 is 0.631 bits per heavy atom. The predicted octanol–water partition coefficient (Wildman–Crippen LogP) is 12.4. The first-order valence-electron chi connectivity index (χ1n) is 23.4. The molecule has 65 heavy (non-hydrogen) atoms. The van der Waals surface area contributed by atoms with Gasteiger partial charge in [0.1, 0.15) is 0 Å². The van der Waals surface area contributed by atoms with Crippen molar-refractivity contribution < 1.29 is 9.15 Å². The summed E-state index contributed by atoms with van der Waals surface area (Å²) in [6.07, 6.45) is 0. The zero-order chi connectivity index (χ0) is 44.5. The Morgan fingerprint density at radius 3 is 0.969 bits per heavy atom. The van der Waals surface area contributed by atoms with Gasteiger partial charge in [-0.3, -0.25) is 0 Å². The van der Waals surface area contributed by atoms with Crippen LogP contribution in [0.15, 0.2) is 166 Å². The number of rotatable bonds is 0. The van der Waals surface area contributed by atoms with Crippen molar-refractivity contribution in [3.63, 3.8) is 0 Å². The molecule has 6 aliphatic heterocycles.